The topological polar surface area (TPSA) is 118 Å². The van der Waals surface area contributed by atoms with E-state index in [4.69, 9.17) is 5.14 Å². The fourth-order valence-electron chi connectivity index (χ4n) is 1.42. The van der Waals surface area contributed by atoms with Gasteiger partial charge in [-0.1, -0.05) is 0 Å². The Bertz CT molecular complexity index is 661. The Morgan fingerprint density at radius 3 is 2.84 bits per heavy atom. The van der Waals surface area contributed by atoms with E-state index in [2.05, 4.69) is 15.5 Å². The fourth-order valence-corrected chi connectivity index (χ4v) is 3.20. The molecule has 102 valence electrons. The van der Waals surface area contributed by atoms with Crippen LogP contribution in [0, 0.1) is 0 Å². The number of carbonyl (C=O) groups excluding carboxylic acids is 1. The number of aromatic nitrogens is 2. The summed E-state index contributed by atoms with van der Waals surface area (Å²) in [5, 5.41) is 13.9. The molecule has 0 unspecified atom stereocenters. The van der Waals surface area contributed by atoms with Crippen LogP contribution in [0.2, 0.25) is 0 Å². The highest BCUT2D eigenvalue weighted by molar-refractivity contribution is 7.91. The number of nitrogens with two attached hydrogens (primary N) is 1. The summed E-state index contributed by atoms with van der Waals surface area (Å²) in [4.78, 5) is 12.4. The van der Waals surface area contributed by atoms with E-state index >= 15 is 0 Å². The van der Waals surface area contributed by atoms with Crippen molar-refractivity contribution in [1.29, 1.82) is 0 Å². The van der Waals surface area contributed by atoms with Crippen LogP contribution in [0.25, 0.3) is 0 Å². The van der Waals surface area contributed by atoms with E-state index in [1.807, 2.05) is 0 Å². The number of hydrogen-bond donors (Lipinski definition) is 3. The van der Waals surface area contributed by atoms with Gasteiger partial charge < -0.3 is 5.32 Å². The zero-order valence-corrected chi connectivity index (χ0v) is 11.4. The van der Waals surface area contributed by atoms with Crippen LogP contribution in [-0.2, 0) is 16.4 Å². The molecule has 0 fully saturated rings. The molecule has 0 atom stereocenters. The van der Waals surface area contributed by atoms with Crippen molar-refractivity contribution in [2.45, 2.75) is 10.6 Å². The zero-order valence-electron chi connectivity index (χ0n) is 9.79. The predicted molar refractivity (Wildman–Crippen MR) is 70.3 cm³/mol. The van der Waals surface area contributed by atoms with E-state index in [1.54, 1.807) is 6.07 Å². The molecule has 19 heavy (non-hydrogen) atoms. The number of rotatable bonds is 5. The first-order chi connectivity index (χ1) is 8.97. The van der Waals surface area contributed by atoms with E-state index in [0.29, 0.717) is 18.5 Å². The molecule has 0 radical (unpaired) electrons. The Morgan fingerprint density at radius 2 is 2.26 bits per heavy atom. The van der Waals surface area contributed by atoms with Crippen molar-refractivity contribution in [2.75, 3.05) is 6.54 Å². The lowest BCUT2D eigenvalue weighted by atomic mass is 10.3. The Labute approximate surface area is 113 Å². The van der Waals surface area contributed by atoms with Gasteiger partial charge in [-0.25, -0.2) is 13.6 Å². The van der Waals surface area contributed by atoms with Gasteiger partial charge in [-0.3, -0.25) is 9.89 Å². The van der Waals surface area contributed by atoms with E-state index < -0.39 is 10.0 Å². The number of nitrogens with one attached hydrogen (secondary N) is 2. The summed E-state index contributed by atoms with van der Waals surface area (Å²) in [7, 11) is -3.64. The minimum atomic E-state index is -3.64. The lowest BCUT2D eigenvalue weighted by Gasteiger charge is -2.01. The molecule has 0 bridgehead atoms. The van der Waals surface area contributed by atoms with Gasteiger partial charge in [0.1, 0.15) is 4.21 Å². The summed E-state index contributed by atoms with van der Waals surface area (Å²) < 4.78 is 22.3. The highest BCUT2D eigenvalue weighted by atomic mass is 32.2. The van der Waals surface area contributed by atoms with Crippen molar-refractivity contribution in [3.63, 3.8) is 0 Å². The lowest BCUT2D eigenvalue weighted by molar-refractivity contribution is 0.0954. The molecule has 0 aliphatic carbocycles. The summed E-state index contributed by atoms with van der Waals surface area (Å²) in [6, 6.07) is 3.15. The van der Waals surface area contributed by atoms with Crippen LogP contribution in [-0.4, -0.2) is 31.1 Å². The summed E-state index contributed by atoms with van der Waals surface area (Å²) in [5.74, 6) is -0.225. The summed E-state index contributed by atoms with van der Waals surface area (Å²) in [6.45, 7) is 0.411. The molecule has 7 nitrogen and oxygen atoms in total. The Balaban J connectivity index is 1.86. The van der Waals surface area contributed by atoms with Gasteiger partial charge in [0.15, 0.2) is 0 Å². The monoisotopic (exact) mass is 300 g/mol. The molecule has 0 aliphatic rings. The Hall–Kier alpha value is -1.71. The van der Waals surface area contributed by atoms with Crippen LogP contribution in [0.1, 0.15) is 15.2 Å². The molecule has 0 saturated carbocycles. The van der Waals surface area contributed by atoms with Gasteiger partial charge in [0.25, 0.3) is 5.91 Å². The Kier molecular flexibility index (Phi) is 3.98. The van der Waals surface area contributed by atoms with Crippen molar-refractivity contribution >= 4 is 27.3 Å². The van der Waals surface area contributed by atoms with E-state index in [1.165, 1.54) is 18.5 Å². The molecular weight excluding hydrogens is 288 g/mol. The van der Waals surface area contributed by atoms with Crippen LogP contribution in [0.15, 0.2) is 28.7 Å². The third-order valence-electron chi connectivity index (χ3n) is 2.33. The number of aromatic amines is 1. The second-order valence-electron chi connectivity index (χ2n) is 3.76. The molecule has 0 saturated heterocycles. The van der Waals surface area contributed by atoms with Crippen molar-refractivity contribution in [3.8, 4) is 0 Å². The molecule has 0 aliphatic heterocycles. The van der Waals surface area contributed by atoms with E-state index in [0.717, 1.165) is 16.2 Å². The molecule has 9 heteroatoms. The molecule has 0 spiro atoms. The van der Waals surface area contributed by atoms with Gasteiger partial charge in [0.2, 0.25) is 10.0 Å². The normalized spacial score (nSPS) is 11.4. The average molecular weight is 300 g/mol. The number of H-pyrrole nitrogens is 1. The number of thiophene rings is 1. The standard InChI is InChI=1S/C10H12N4O3S2/c11-19(16,17)9-2-1-8(18-9)3-4-12-10(15)7-5-13-14-6-7/h1-2,5-6H,3-4H2,(H,12,15)(H,13,14)(H2,11,16,17). The molecule has 2 aromatic heterocycles. The molecule has 2 rings (SSSR count). The van der Waals surface area contributed by atoms with E-state index in [-0.39, 0.29) is 10.1 Å². The minimum Gasteiger partial charge on any atom is -0.352 e. The van der Waals surface area contributed by atoms with Crippen molar-refractivity contribution < 1.29 is 13.2 Å². The third kappa shape index (κ3) is 3.63. The molecule has 0 aromatic carbocycles. The van der Waals surface area contributed by atoms with Crippen LogP contribution >= 0.6 is 11.3 Å². The highest BCUT2D eigenvalue weighted by Gasteiger charge is 2.11. The lowest BCUT2D eigenvalue weighted by Crippen LogP contribution is -2.25. The third-order valence-corrected chi connectivity index (χ3v) is 4.92. The smallest absolute Gasteiger partial charge is 0.254 e. The van der Waals surface area contributed by atoms with Crippen molar-refractivity contribution in [3.05, 3.63) is 35.0 Å². The number of carbonyl (C=O) groups is 1. The maximum absolute atomic E-state index is 11.6. The molecule has 4 N–H and O–H groups in total. The van der Waals surface area contributed by atoms with Crippen LogP contribution < -0.4 is 10.5 Å². The largest absolute Gasteiger partial charge is 0.352 e. The zero-order chi connectivity index (χ0) is 13.9. The van der Waals surface area contributed by atoms with Gasteiger partial charge >= 0.3 is 0 Å². The SMILES string of the molecule is NS(=O)(=O)c1ccc(CCNC(=O)c2cn[nH]c2)s1. The minimum absolute atomic E-state index is 0.128. The number of primary sulfonamides is 1. The maximum atomic E-state index is 11.6. The van der Waals surface area contributed by atoms with Gasteiger partial charge in [-0.15, -0.1) is 11.3 Å². The first-order valence-corrected chi connectivity index (χ1v) is 7.71. The van der Waals surface area contributed by atoms with Gasteiger partial charge in [0.05, 0.1) is 11.8 Å². The highest BCUT2D eigenvalue weighted by Crippen LogP contribution is 2.20. The second-order valence-corrected chi connectivity index (χ2v) is 6.72. The number of amides is 1. The van der Waals surface area contributed by atoms with Gasteiger partial charge in [-0.05, 0) is 18.6 Å². The summed E-state index contributed by atoms with van der Waals surface area (Å²) >= 11 is 1.11. The number of nitrogens with zero attached hydrogens (tertiary/aromatic N) is 1. The van der Waals surface area contributed by atoms with Gasteiger partial charge in [-0.2, -0.15) is 5.10 Å². The fraction of sp³-hybridized carbons (Fsp3) is 0.200. The molecule has 2 aromatic rings. The Morgan fingerprint density at radius 1 is 1.47 bits per heavy atom. The second kappa shape index (κ2) is 5.51. The van der Waals surface area contributed by atoms with Crippen LogP contribution in [0.4, 0.5) is 0 Å². The molecular formula is C10H12N4O3S2. The summed E-state index contributed by atoms with van der Waals surface area (Å²) in [5.41, 5.74) is 0.455. The van der Waals surface area contributed by atoms with Crippen LogP contribution in [0.3, 0.4) is 0 Å². The summed E-state index contributed by atoms with van der Waals surface area (Å²) in [6.07, 6.45) is 3.48. The van der Waals surface area contributed by atoms with Crippen LogP contribution in [0.5, 0.6) is 0 Å². The quantitative estimate of drug-likeness (QED) is 0.725. The van der Waals surface area contributed by atoms with E-state index in [9.17, 15) is 13.2 Å². The molecule has 1 amide bonds. The van der Waals surface area contributed by atoms with Gasteiger partial charge in [0, 0.05) is 17.6 Å². The maximum Gasteiger partial charge on any atom is 0.254 e. The van der Waals surface area contributed by atoms with Crippen molar-refractivity contribution in [2.24, 2.45) is 5.14 Å². The number of sulfonamides is 1. The molecule has 2 heterocycles. The first kappa shape index (κ1) is 13.7. The number of hydrogen-bond acceptors (Lipinski definition) is 5. The predicted octanol–water partition coefficient (Wildman–Crippen LogP) is 0.0911. The average Bonchev–Trinajstić information content (AvgIpc) is 2.99. The first-order valence-electron chi connectivity index (χ1n) is 5.35. The van der Waals surface area contributed by atoms with Crippen molar-refractivity contribution in [1.82, 2.24) is 15.5 Å².